The first-order valence-electron chi connectivity index (χ1n) is 9.31. The molecule has 0 atom stereocenters. The van der Waals surface area contributed by atoms with E-state index in [4.69, 9.17) is 24.9 Å². The number of nitrogens with two attached hydrogens (primary N) is 1. The first-order valence-corrected chi connectivity index (χ1v) is 9.31. The van der Waals surface area contributed by atoms with E-state index in [1.165, 1.54) is 0 Å². The molecule has 2 aromatic heterocycles. The van der Waals surface area contributed by atoms with Gasteiger partial charge in [0.05, 0.1) is 12.6 Å². The molecule has 160 valence electrons. The second kappa shape index (κ2) is 9.51. The van der Waals surface area contributed by atoms with Gasteiger partial charge in [0, 0.05) is 22.9 Å². The van der Waals surface area contributed by atoms with Crippen LogP contribution in [0.2, 0.25) is 0 Å². The molecule has 0 amide bonds. The highest BCUT2D eigenvalue weighted by molar-refractivity contribution is 5.91. The Labute approximate surface area is 188 Å². The largest absolute Gasteiger partial charge is 0.493 e. The van der Waals surface area contributed by atoms with Crippen LogP contribution < -0.4 is 15.8 Å². The lowest BCUT2D eigenvalue weighted by molar-refractivity contribution is 0.411. The number of halogens is 2. The second-order valence-corrected chi connectivity index (χ2v) is 7.57. The minimum atomic E-state index is -0.242. The monoisotopic (exact) mass is 448 g/mol. The number of nitrogens with zero attached hydrogens (tertiary/aromatic N) is 2. The summed E-state index contributed by atoms with van der Waals surface area (Å²) in [6.07, 6.45) is 0.822. The van der Waals surface area contributed by atoms with Gasteiger partial charge in [-0.05, 0) is 44.5 Å². The van der Waals surface area contributed by atoms with Crippen LogP contribution in [0.15, 0.2) is 52.9 Å². The summed E-state index contributed by atoms with van der Waals surface area (Å²) in [5, 5.41) is 5.33. The Kier molecular flexibility index (Phi) is 7.53. The van der Waals surface area contributed by atoms with Crippen LogP contribution in [0.25, 0.3) is 33.5 Å². The number of methoxy groups -OCH3 is 1. The van der Waals surface area contributed by atoms with E-state index in [0.29, 0.717) is 22.9 Å². The Morgan fingerprint density at radius 3 is 2.57 bits per heavy atom. The Morgan fingerprint density at radius 1 is 1.07 bits per heavy atom. The SMILES string of the molecule is COc1cccc2cc(-c3nc(NCCC(C)(C)N)c4ccccc4n3)oc12.Cl.Cl. The molecule has 2 aromatic carbocycles. The lowest BCUT2D eigenvalue weighted by Gasteiger charge is -2.19. The summed E-state index contributed by atoms with van der Waals surface area (Å²) in [4.78, 5) is 9.45. The van der Waals surface area contributed by atoms with E-state index in [-0.39, 0.29) is 30.4 Å². The molecule has 0 unspecified atom stereocenters. The highest BCUT2D eigenvalue weighted by Gasteiger charge is 2.16. The summed E-state index contributed by atoms with van der Waals surface area (Å²) in [6, 6.07) is 15.7. The number of hydrogen-bond donors (Lipinski definition) is 2. The van der Waals surface area contributed by atoms with Gasteiger partial charge in [0.25, 0.3) is 0 Å². The molecule has 0 bridgehead atoms. The van der Waals surface area contributed by atoms with Crippen LogP contribution >= 0.6 is 24.8 Å². The van der Waals surface area contributed by atoms with Gasteiger partial charge in [0.15, 0.2) is 22.9 Å². The first-order chi connectivity index (χ1) is 13.4. The third-order valence-electron chi connectivity index (χ3n) is 4.61. The zero-order valence-corrected chi connectivity index (χ0v) is 18.8. The molecular formula is C22H26Cl2N4O2. The van der Waals surface area contributed by atoms with Gasteiger partial charge in [-0.3, -0.25) is 0 Å². The van der Waals surface area contributed by atoms with Gasteiger partial charge in [-0.25, -0.2) is 9.97 Å². The number of ether oxygens (including phenoxy) is 1. The van der Waals surface area contributed by atoms with Gasteiger partial charge in [0.2, 0.25) is 0 Å². The molecule has 3 N–H and O–H groups in total. The van der Waals surface area contributed by atoms with Gasteiger partial charge >= 0.3 is 0 Å². The molecule has 6 nitrogen and oxygen atoms in total. The number of hydrogen-bond acceptors (Lipinski definition) is 6. The van der Waals surface area contributed by atoms with Crippen LogP contribution in [0, 0.1) is 0 Å². The number of fused-ring (bicyclic) bond motifs is 2. The van der Waals surface area contributed by atoms with Crippen LogP contribution in [-0.2, 0) is 0 Å². The van der Waals surface area contributed by atoms with Crippen LogP contribution in [-0.4, -0.2) is 29.2 Å². The maximum absolute atomic E-state index is 6.10. The van der Waals surface area contributed by atoms with Crippen LogP contribution in [0.3, 0.4) is 0 Å². The number of benzene rings is 2. The van der Waals surface area contributed by atoms with Crippen molar-refractivity contribution >= 4 is 52.5 Å². The number of nitrogens with one attached hydrogen (secondary N) is 1. The number of rotatable bonds is 6. The minimum absolute atomic E-state index is 0. The molecule has 0 spiro atoms. The average Bonchev–Trinajstić information content (AvgIpc) is 3.11. The molecule has 4 rings (SSSR count). The normalized spacial score (nSPS) is 11.1. The molecular weight excluding hydrogens is 423 g/mol. The molecule has 0 saturated carbocycles. The molecule has 8 heteroatoms. The predicted molar refractivity (Wildman–Crippen MR) is 127 cm³/mol. The van der Waals surface area contributed by atoms with Crippen molar-refractivity contribution in [3.05, 3.63) is 48.5 Å². The lowest BCUT2D eigenvalue weighted by atomic mass is 10.0. The zero-order valence-electron chi connectivity index (χ0n) is 17.1. The average molecular weight is 449 g/mol. The Balaban J connectivity index is 0.00000160. The second-order valence-electron chi connectivity index (χ2n) is 7.57. The highest BCUT2D eigenvalue weighted by atomic mass is 35.5. The smallest absolute Gasteiger partial charge is 0.198 e. The van der Waals surface area contributed by atoms with Gasteiger partial charge in [0.1, 0.15) is 5.82 Å². The van der Waals surface area contributed by atoms with Crippen molar-refractivity contribution in [1.82, 2.24) is 9.97 Å². The van der Waals surface area contributed by atoms with Crippen LogP contribution in [0.5, 0.6) is 5.75 Å². The Bertz CT molecular complexity index is 1140. The fourth-order valence-corrected chi connectivity index (χ4v) is 3.13. The van der Waals surface area contributed by atoms with E-state index in [2.05, 4.69) is 5.32 Å². The number of aromatic nitrogens is 2. The summed E-state index contributed by atoms with van der Waals surface area (Å²) in [5.74, 6) is 2.60. The third-order valence-corrected chi connectivity index (χ3v) is 4.61. The van der Waals surface area contributed by atoms with Gasteiger partial charge in [-0.1, -0.05) is 24.3 Å². The molecule has 2 heterocycles. The van der Waals surface area contributed by atoms with Crippen LogP contribution in [0.1, 0.15) is 20.3 Å². The molecule has 0 fully saturated rings. The van der Waals surface area contributed by atoms with Crippen molar-refractivity contribution in [2.45, 2.75) is 25.8 Å². The van der Waals surface area contributed by atoms with E-state index in [9.17, 15) is 0 Å². The number of para-hydroxylation sites is 2. The minimum Gasteiger partial charge on any atom is -0.493 e. The number of anilines is 1. The topological polar surface area (TPSA) is 86.2 Å². The molecule has 4 aromatic rings. The first kappa shape index (κ1) is 23.7. The van der Waals surface area contributed by atoms with Crippen molar-refractivity contribution in [2.24, 2.45) is 5.73 Å². The lowest BCUT2D eigenvalue weighted by Crippen LogP contribution is -2.34. The summed E-state index contributed by atoms with van der Waals surface area (Å²) in [5.41, 5.74) is 7.41. The molecule has 0 aliphatic heterocycles. The number of furan rings is 1. The maximum atomic E-state index is 6.10. The van der Waals surface area contributed by atoms with E-state index in [0.717, 1.165) is 35.1 Å². The van der Waals surface area contributed by atoms with Crippen molar-refractivity contribution < 1.29 is 9.15 Å². The van der Waals surface area contributed by atoms with E-state index in [1.54, 1.807) is 7.11 Å². The molecule has 0 saturated heterocycles. The fraction of sp³-hybridized carbons (Fsp3) is 0.273. The van der Waals surface area contributed by atoms with Gasteiger partial charge in [-0.2, -0.15) is 0 Å². The van der Waals surface area contributed by atoms with Crippen molar-refractivity contribution in [3.63, 3.8) is 0 Å². The molecule has 0 radical (unpaired) electrons. The van der Waals surface area contributed by atoms with Gasteiger partial charge < -0.3 is 20.2 Å². The molecule has 0 aliphatic rings. The van der Waals surface area contributed by atoms with E-state index in [1.807, 2.05) is 62.4 Å². The Morgan fingerprint density at radius 2 is 1.83 bits per heavy atom. The maximum Gasteiger partial charge on any atom is 0.198 e. The van der Waals surface area contributed by atoms with Crippen molar-refractivity contribution in [2.75, 3.05) is 19.0 Å². The van der Waals surface area contributed by atoms with E-state index >= 15 is 0 Å². The summed E-state index contributed by atoms with van der Waals surface area (Å²) < 4.78 is 11.4. The standard InChI is InChI=1S/C22H24N4O2.2ClH/c1-22(2,23)11-12-24-20-15-8-4-5-9-16(15)25-21(26-20)18-13-14-7-6-10-17(27-3)19(14)28-18;;/h4-10,13H,11-12,23H2,1-3H3,(H,24,25,26);2*1H. The Hall–Kier alpha value is -2.54. The van der Waals surface area contributed by atoms with Crippen LogP contribution in [0.4, 0.5) is 5.82 Å². The van der Waals surface area contributed by atoms with E-state index < -0.39 is 0 Å². The summed E-state index contributed by atoms with van der Waals surface area (Å²) in [6.45, 7) is 4.75. The molecule has 30 heavy (non-hydrogen) atoms. The van der Waals surface area contributed by atoms with Gasteiger partial charge in [-0.15, -0.1) is 24.8 Å². The predicted octanol–water partition coefficient (Wildman–Crippen LogP) is 5.43. The van der Waals surface area contributed by atoms with Crippen molar-refractivity contribution in [3.8, 4) is 17.3 Å². The summed E-state index contributed by atoms with van der Waals surface area (Å²) in [7, 11) is 1.63. The van der Waals surface area contributed by atoms with Crippen molar-refractivity contribution in [1.29, 1.82) is 0 Å². The molecule has 0 aliphatic carbocycles. The fourth-order valence-electron chi connectivity index (χ4n) is 3.13. The summed E-state index contributed by atoms with van der Waals surface area (Å²) >= 11 is 0. The zero-order chi connectivity index (χ0) is 19.7. The third kappa shape index (κ3) is 4.95. The highest BCUT2D eigenvalue weighted by Crippen LogP contribution is 2.33. The quantitative estimate of drug-likeness (QED) is 0.408.